The quantitative estimate of drug-likeness (QED) is 0.751. The van der Waals surface area contributed by atoms with Gasteiger partial charge in [0.1, 0.15) is 0 Å². The van der Waals surface area contributed by atoms with Gasteiger partial charge in [0.15, 0.2) is 0 Å². The molecule has 0 aliphatic rings. The van der Waals surface area contributed by atoms with Gasteiger partial charge in [0, 0.05) is 6.04 Å². The van der Waals surface area contributed by atoms with E-state index in [1.807, 2.05) is 0 Å². The van der Waals surface area contributed by atoms with E-state index in [0.717, 1.165) is 12.8 Å². The average molecular weight is 177 g/mol. The minimum absolute atomic E-state index is 0.326. The van der Waals surface area contributed by atoms with Crippen LogP contribution in [0.1, 0.15) is 30.9 Å². The highest BCUT2D eigenvalue weighted by atomic mass is 14.6. The van der Waals surface area contributed by atoms with E-state index in [4.69, 9.17) is 5.73 Å². The van der Waals surface area contributed by atoms with E-state index < -0.39 is 0 Å². The molecule has 1 atom stereocenters. The number of hydrogen-bond acceptors (Lipinski definition) is 1. The van der Waals surface area contributed by atoms with Gasteiger partial charge < -0.3 is 5.73 Å². The Morgan fingerprint density at radius 1 is 1.38 bits per heavy atom. The lowest BCUT2D eigenvalue weighted by atomic mass is 10.0. The Morgan fingerprint density at radius 2 is 2.15 bits per heavy atom. The van der Waals surface area contributed by atoms with Crippen LogP contribution in [-0.2, 0) is 6.42 Å². The summed E-state index contributed by atoms with van der Waals surface area (Å²) < 4.78 is 0. The third-order valence-electron chi connectivity index (χ3n) is 2.24. The van der Waals surface area contributed by atoms with E-state index in [0.29, 0.717) is 6.04 Å². The first-order chi connectivity index (χ1) is 6.22. The maximum atomic E-state index is 5.97. The second-order valence-electron chi connectivity index (χ2n) is 3.74. The molecule has 0 saturated carbocycles. The Balaban J connectivity index is 2.53. The molecule has 1 heteroatoms. The number of rotatable bonds is 4. The van der Waals surface area contributed by atoms with Crippen molar-refractivity contribution in [2.24, 2.45) is 5.73 Å². The van der Waals surface area contributed by atoms with Crippen LogP contribution < -0.4 is 5.73 Å². The van der Waals surface area contributed by atoms with Crippen LogP contribution in [0.3, 0.4) is 0 Å². The van der Waals surface area contributed by atoms with Crippen LogP contribution in [0.15, 0.2) is 24.3 Å². The van der Waals surface area contributed by atoms with Crippen molar-refractivity contribution in [3.63, 3.8) is 0 Å². The third-order valence-corrected chi connectivity index (χ3v) is 2.24. The number of aryl methyl sites for hydroxylation is 1. The standard InChI is InChI=1S/C12H19N/c1-3-5-12(13)9-11-7-4-6-10(2)8-11/h4,6-8,12H,3,5,9,13H2,1-2H3/t12-/m1/s1. The van der Waals surface area contributed by atoms with Crippen LogP contribution in [0.4, 0.5) is 0 Å². The fourth-order valence-corrected chi connectivity index (χ4v) is 1.61. The summed E-state index contributed by atoms with van der Waals surface area (Å²) in [4.78, 5) is 0. The molecule has 0 saturated heterocycles. The average Bonchev–Trinajstić information content (AvgIpc) is 2.04. The van der Waals surface area contributed by atoms with Crippen molar-refractivity contribution < 1.29 is 0 Å². The number of hydrogen-bond donors (Lipinski definition) is 1. The molecule has 0 aliphatic heterocycles. The van der Waals surface area contributed by atoms with E-state index in [-0.39, 0.29) is 0 Å². The summed E-state index contributed by atoms with van der Waals surface area (Å²) in [5.74, 6) is 0. The van der Waals surface area contributed by atoms with Crippen LogP contribution in [-0.4, -0.2) is 6.04 Å². The van der Waals surface area contributed by atoms with Gasteiger partial charge in [0.05, 0.1) is 0 Å². The van der Waals surface area contributed by atoms with Crippen LogP contribution in [0.5, 0.6) is 0 Å². The van der Waals surface area contributed by atoms with Crippen molar-refractivity contribution in [1.82, 2.24) is 0 Å². The van der Waals surface area contributed by atoms with Crippen molar-refractivity contribution in [1.29, 1.82) is 0 Å². The highest BCUT2D eigenvalue weighted by molar-refractivity contribution is 5.22. The number of nitrogens with two attached hydrogens (primary N) is 1. The van der Waals surface area contributed by atoms with Crippen molar-refractivity contribution in [2.75, 3.05) is 0 Å². The normalized spacial score (nSPS) is 12.8. The molecule has 1 aromatic carbocycles. The molecule has 1 aromatic rings. The highest BCUT2D eigenvalue weighted by Crippen LogP contribution is 2.08. The molecule has 0 aromatic heterocycles. The van der Waals surface area contributed by atoms with Gasteiger partial charge in [0.25, 0.3) is 0 Å². The van der Waals surface area contributed by atoms with Crippen molar-refractivity contribution >= 4 is 0 Å². The SMILES string of the molecule is CCC[C@@H](N)Cc1cccc(C)c1. The Bertz CT molecular complexity index is 255. The molecule has 2 N–H and O–H groups in total. The molecule has 72 valence electrons. The minimum Gasteiger partial charge on any atom is -0.327 e. The van der Waals surface area contributed by atoms with Gasteiger partial charge in [-0.25, -0.2) is 0 Å². The molecule has 0 amide bonds. The van der Waals surface area contributed by atoms with Gasteiger partial charge in [-0.1, -0.05) is 43.2 Å². The molecular weight excluding hydrogens is 158 g/mol. The zero-order chi connectivity index (χ0) is 9.68. The summed E-state index contributed by atoms with van der Waals surface area (Å²) in [5, 5.41) is 0. The molecule has 0 aliphatic carbocycles. The second-order valence-corrected chi connectivity index (χ2v) is 3.74. The summed E-state index contributed by atoms with van der Waals surface area (Å²) in [5.41, 5.74) is 8.65. The van der Waals surface area contributed by atoms with Crippen molar-refractivity contribution in [3.05, 3.63) is 35.4 Å². The second kappa shape index (κ2) is 5.03. The smallest absolute Gasteiger partial charge is 0.00792 e. The molecule has 0 bridgehead atoms. The molecule has 13 heavy (non-hydrogen) atoms. The highest BCUT2D eigenvalue weighted by Gasteiger charge is 2.02. The van der Waals surface area contributed by atoms with Gasteiger partial charge in [-0.15, -0.1) is 0 Å². The van der Waals surface area contributed by atoms with Gasteiger partial charge in [-0.05, 0) is 25.3 Å². The van der Waals surface area contributed by atoms with E-state index in [1.165, 1.54) is 17.5 Å². The monoisotopic (exact) mass is 177 g/mol. The molecule has 0 fully saturated rings. The largest absolute Gasteiger partial charge is 0.327 e. The summed E-state index contributed by atoms with van der Waals surface area (Å²) in [6.45, 7) is 4.30. The molecule has 1 rings (SSSR count). The fraction of sp³-hybridized carbons (Fsp3) is 0.500. The first kappa shape index (κ1) is 10.3. The van der Waals surface area contributed by atoms with Gasteiger partial charge >= 0.3 is 0 Å². The summed E-state index contributed by atoms with van der Waals surface area (Å²) in [6, 6.07) is 8.92. The number of benzene rings is 1. The molecule has 1 nitrogen and oxygen atoms in total. The van der Waals surface area contributed by atoms with Crippen LogP contribution in [0.2, 0.25) is 0 Å². The van der Waals surface area contributed by atoms with E-state index >= 15 is 0 Å². The fourth-order valence-electron chi connectivity index (χ4n) is 1.61. The lowest BCUT2D eigenvalue weighted by Crippen LogP contribution is -2.22. The van der Waals surface area contributed by atoms with Gasteiger partial charge in [-0.3, -0.25) is 0 Å². The molecule has 0 heterocycles. The van der Waals surface area contributed by atoms with Gasteiger partial charge in [-0.2, -0.15) is 0 Å². The van der Waals surface area contributed by atoms with Crippen LogP contribution in [0.25, 0.3) is 0 Å². The Kier molecular flexibility index (Phi) is 3.97. The Labute approximate surface area is 81.0 Å². The maximum absolute atomic E-state index is 5.97. The Hall–Kier alpha value is -0.820. The molecule has 0 radical (unpaired) electrons. The predicted octanol–water partition coefficient (Wildman–Crippen LogP) is 2.66. The zero-order valence-electron chi connectivity index (χ0n) is 8.59. The van der Waals surface area contributed by atoms with E-state index in [9.17, 15) is 0 Å². The van der Waals surface area contributed by atoms with E-state index in [2.05, 4.69) is 38.1 Å². The molecule has 0 spiro atoms. The van der Waals surface area contributed by atoms with Crippen molar-refractivity contribution in [2.45, 2.75) is 39.2 Å². The third kappa shape index (κ3) is 3.60. The minimum atomic E-state index is 0.326. The first-order valence-corrected chi connectivity index (χ1v) is 5.03. The summed E-state index contributed by atoms with van der Waals surface area (Å²) >= 11 is 0. The first-order valence-electron chi connectivity index (χ1n) is 5.03. The molecular formula is C12H19N. The van der Waals surface area contributed by atoms with Crippen LogP contribution >= 0.6 is 0 Å². The summed E-state index contributed by atoms with van der Waals surface area (Å²) in [7, 11) is 0. The van der Waals surface area contributed by atoms with Crippen molar-refractivity contribution in [3.8, 4) is 0 Å². The lowest BCUT2D eigenvalue weighted by Gasteiger charge is -2.10. The maximum Gasteiger partial charge on any atom is 0.00792 e. The molecule has 0 unspecified atom stereocenters. The Morgan fingerprint density at radius 3 is 2.77 bits per heavy atom. The predicted molar refractivity (Wildman–Crippen MR) is 57.8 cm³/mol. The zero-order valence-corrected chi connectivity index (χ0v) is 8.59. The lowest BCUT2D eigenvalue weighted by molar-refractivity contribution is 0.600. The van der Waals surface area contributed by atoms with Crippen LogP contribution in [0, 0.1) is 6.92 Å². The summed E-state index contributed by atoms with van der Waals surface area (Å²) in [6.07, 6.45) is 3.30. The topological polar surface area (TPSA) is 26.0 Å². The van der Waals surface area contributed by atoms with E-state index in [1.54, 1.807) is 0 Å². The van der Waals surface area contributed by atoms with Gasteiger partial charge in [0.2, 0.25) is 0 Å².